The van der Waals surface area contributed by atoms with Gasteiger partial charge < -0.3 is 9.64 Å². The second-order valence-corrected chi connectivity index (χ2v) is 8.15. The lowest BCUT2D eigenvalue weighted by molar-refractivity contribution is -0.0901. The summed E-state index contributed by atoms with van der Waals surface area (Å²) in [5.74, 6) is 0. The van der Waals surface area contributed by atoms with E-state index in [0.29, 0.717) is 17.7 Å². The summed E-state index contributed by atoms with van der Waals surface area (Å²) < 4.78 is 6.00. The van der Waals surface area contributed by atoms with Gasteiger partial charge in [-0.1, -0.05) is 0 Å². The van der Waals surface area contributed by atoms with Crippen LogP contribution < -0.4 is 0 Å². The first-order valence-corrected chi connectivity index (χ1v) is 8.54. The molecule has 0 aromatic carbocycles. The Hall–Kier alpha value is -0.160. The van der Waals surface area contributed by atoms with Gasteiger partial charge in [0.05, 0.1) is 12.7 Å². The van der Waals surface area contributed by atoms with Crippen molar-refractivity contribution in [2.45, 2.75) is 64.3 Å². The molecular formula is C17H35N3O. The Morgan fingerprint density at radius 3 is 2.29 bits per heavy atom. The van der Waals surface area contributed by atoms with Gasteiger partial charge in [-0.25, -0.2) is 0 Å². The number of rotatable bonds is 3. The molecule has 0 amide bonds. The van der Waals surface area contributed by atoms with Crippen molar-refractivity contribution in [2.24, 2.45) is 0 Å². The number of hydrogen-bond donors (Lipinski definition) is 0. The van der Waals surface area contributed by atoms with Crippen LogP contribution in [0.5, 0.6) is 0 Å². The first kappa shape index (κ1) is 17.2. The van der Waals surface area contributed by atoms with Crippen molar-refractivity contribution < 1.29 is 4.74 Å². The normalized spacial score (nSPS) is 31.0. The highest BCUT2D eigenvalue weighted by molar-refractivity contribution is 4.90. The van der Waals surface area contributed by atoms with Gasteiger partial charge in [-0.2, -0.15) is 0 Å². The van der Waals surface area contributed by atoms with Crippen molar-refractivity contribution in [3.05, 3.63) is 0 Å². The van der Waals surface area contributed by atoms with Gasteiger partial charge in [0.25, 0.3) is 0 Å². The number of piperidine rings is 1. The van der Waals surface area contributed by atoms with Gasteiger partial charge in [0.1, 0.15) is 0 Å². The van der Waals surface area contributed by atoms with Crippen molar-refractivity contribution in [3.63, 3.8) is 0 Å². The molecule has 4 heteroatoms. The van der Waals surface area contributed by atoms with Crippen LogP contribution in [-0.4, -0.2) is 85.3 Å². The maximum absolute atomic E-state index is 6.00. The Morgan fingerprint density at radius 1 is 1.14 bits per heavy atom. The van der Waals surface area contributed by atoms with Crippen molar-refractivity contribution in [3.8, 4) is 0 Å². The summed E-state index contributed by atoms with van der Waals surface area (Å²) in [5.41, 5.74) is 0.315. The molecule has 2 saturated heterocycles. The van der Waals surface area contributed by atoms with E-state index in [1.807, 2.05) is 0 Å². The van der Waals surface area contributed by atoms with Crippen molar-refractivity contribution in [2.75, 3.05) is 46.9 Å². The number of hydrogen-bond acceptors (Lipinski definition) is 4. The Bertz CT molecular complexity index is 318. The van der Waals surface area contributed by atoms with E-state index in [9.17, 15) is 0 Å². The molecule has 2 heterocycles. The van der Waals surface area contributed by atoms with Crippen molar-refractivity contribution in [1.29, 1.82) is 0 Å². The zero-order valence-electron chi connectivity index (χ0n) is 14.9. The fourth-order valence-electron chi connectivity index (χ4n) is 3.73. The molecule has 2 aliphatic heterocycles. The van der Waals surface area contributed by atoms with E-state index in [1.165, 1.54) is 25.9 Å². The Morgan fingerprint density at radius 2 is 1.76 bits per heavy atom. The maximum Gasteiger partial charge on any atom is 0.0829 e. The van der Waals surface area contributed by atoms with E-state index in [-0.39, 0.29) is 0 Å². The average molecular weight is 297 g/mol. The molecule has 0 aromatic heterocycles. The van der Waals surface area contributed by atoms with Crippen LogP contribution in [0.25, 0.3) is 0 Å². The predicted octanol–water partition coefficient (Wildman–Crippen LogP) is 1.90. The van der Waals surface area contributed by atoms with Crippen LogP contribution in [-0.2, 0) is 4.74 Å². The van der Waals surface area contributed by atoms with Crippen LogP contribution in [0.15, 0.2) is 0 Å². The highest BCUT2D eigenvalue weighted by Gasteiger charge is 2.35. The molecule has 0 unspecified atom stereocenters. The Kier molecular flexibility index (Phi) is 5.69. The number of ether oxygens (including phenoxy) is 1. The molecule has 0 N–H and O–H groups in total. The van der Waals surface area contributed by atoms with Crippen LogP contribution in [0.1, 0.15) is 40.5 Å². The topological polar surface area (TPSA) is 19.0 Å². The maximum atomic E-state index is 6.00. The van der Waals surface area contributed by atoms with Gasteiger partial charge in [0, 0.05) is 43.8 Å². The van der Waals surface area contributed by atoms with E-state index in [0.717, 1.165) is 25.7 Å². The third-order valence-electron chi connectivity index (χ3n) is 5.00. The summed E-state index contributed by atoms with van der Waals surface area (Å²) in [6.07, 6.45) is 2.98. The van der Waals surface area contributed by atoms with Gasteiger partial charge in [-0.3, -0.25) is 9.80 Å². The summed E-state index contributed by atoms with van der Waals surface area (Å²) in [6.45, 7) is 14.8. The zero-order valence-corrected chi connectivity index (χ0v) is 14.9. The summed E-state index contributed by atoms with van der Waals surface area (Å²) in [5, 5.41) is 0. The number of morpholine rings is 1. The molecular weight excluding hydrogens is 262 g/mol. The van der Waals surface area contributed by atoms with Crippen LogP contribution in [0.4, 0.5) is 0 Å². The van der Waals surface area contributed by atoms with E-state index in [4.69, 9.17) is 4.74 Å². The lowest BCUT2D eigenvalue weighted by atomic mass is 9.95. The van der Waals surface area contributed by atoms with Crippen molar-refractivity contribution >= 4 is 0 Å². The smallest absolute Gasteiger partial charge is 0.0829 e. The number of likely N-dealkylation sites (tertiary alicyclic amines) is 1. The highest BCUT2D eigenvalue weighted by Crippen LogP contribution is 2.26. The van der Waals surface area contributed by atoms with Gasteiger partial charge in [0.2, 0.25) is 0 Å². The quantitative estimate of drug-likeness (QED) is 0.792. The highest BCUT2D eigenvalue weighted by atomic mass is 16.5. The molecule has 2 rings (SSSR count). The van der Waals surface area contributed by atoms with Gasteiger partial charge >= 0.3 is 0 Å². The van der Waals surface area contributed by atoms with E-state index < -0.39 is 0 Å². The largest absolute Gasteiger partial charge is 0.374 e. The third-order valence-corrected chi connectivity index (χ3v) is 5.00. The fourth-order valence-corrected chi connectivity index (χ4v) is 3.73. The minimum absolute atomic E-state index is 0.315. The average Bonchev–Trinajstić information content (AvgIpc) is 2.39. The molecule has 0 aromatic rings. The minimum Gasteiger partial charge on any atom is -0.374 e. The Balaban J connectivity index is 1.89. The van der Waals surface area contributed by atoms with E-state index >= 15 is 0 Å². The number of likely N-dealkylation sites (N-methyl/N-ethyl adjacent to an activating group) is 1. The molecule has 21 heavy (non-hydrogen) atoms. The van der Waals surface area contributed by atoms with Gasteiger partial charge in [0.15, 0.2) is 0 Å². The molecule has 0 saturated carbocycles. The first-order chi connectivity index (χ1) is 9.77. The summed E-state index contributed by atoms with van der Waals surface area (Å²) in [6, 6.07) is 1.31. The lowest BCUT2D eigenvalue weighted by Gasteiger charge is -2.48. The van der Waals surface area contributed by atoms with Crippen LogP contribution in [0.3, 0.4) is 0 Å². The predicted molar refractivity (Wildman–Crippen MR) is 88.8 cm³/mol. The van der Waals surface area contributed by atoms with Gasteiger partial charge in [-0.15, -0.1) is 0 Å². The Labute approximate surface area is 131 Å². The molecule has 0 bridgehead atoms. The zero-order chi connectivity index (χ0) is 15.6. The minimum atomic E-state index is 0.315. The standard InChI is InChI=1S/C17H35N3O/c1-14-13-21-16(11-18(5)6)12-20(14)15-7-9-19(10-8-15)17(2,3)4/h14-16H,7-13H2,1-6H3/t14-,16+/m0/s1. The third kappa shape index (κ3) is 4.65. The lowest BCUT2D eigenvalue weighted by Crippen LogP contribution is -2.58. The van der Waals surface area contributed by atoms with E-state index in [2.05, 4.69) is 56.5 Å². The summed E-state index contributed by atoms with van der Waals surface area (Å²) in [4.78, 5) is 7.59. The number of nitrogens with zero attached hydrogens (tertiary/aromatic N) is 3. The summed E-state index contributed by atoms with van der Waals surface area (Å²) in [7, 11) is 4.26. The van der Waals surface area contributed by atoms with Crippen LogP contribution in [0, 0.1) is 0 Å². The fraction of sp³-hybridized carbons (Fsp3) is 1.00. The molecule has 0 aliphatic carbocycles. The second kappa shape index (κ2) is 6.95. The van der Waals surface area contributed by atoms with Crippen molar-refractivity contribution in [1.82, 2.24) is 14.7 Å². The molecule has 0 radical (unpaired) electrons. The van der Waals surface area contributed by atoms with Crippen LogP contribution in [0.2, 0.25) is 0 Å². The molecule has 0 spiro atoms. The van der Waals surface area contributed by atoms with Crippen LogP contribution >= 0.6 is 0 Å². The molecule has 2 fully saturated rings. The first-order valence-electron chi connectivity index (χ1n) is 8.54. The molecule has 4 nitrogen and oxygen atoms in total. The molecule has 124 valence electrons. The van der Waals surface area contributed by atoms with Gasteiger partial charge in [-0.05, 0) is 54.6 Å². The SMILES string of the molecule is C[C@H]1CO[C@H](CN(C)C)CN1C1CCN(C(C)(C)C)CC1. The van der Waals surface area contributed by atoms with E-state index in [1.54, 1.807) is 0 Å². The molecule has 2 aliphatic rings. The molecule has 2 atom stereocenters. The monoisotopic (exact) mass is 297 g/mol. The summed E-state index contributed by atoms with van der Waals surface area (Å²) >= 11 is 0. The second-order valence-electron chi connectivity index (χ2n) is 8.15.